The van der Waals surface area contributed by atoms with Crippen molar-refractivity contribution in [3.8, 4) is 39.3 Å². The van der Waals surface area contributed by atoms with Gasteiger partial charge in [-0.15, -0.1) is 0 Å². The van der Waals surface area contributed by atoms with E-state index in [1.807, 2.05) is 38.7 Å². The summed E-state index contributed by atoms with van der Waals surface area (Å²) in [5.41, 5.74) is 8.01. The summed E-state index contributed by atoms with van der Waals surface area (Å²) in [6.07, 6.45) is 6.26. The number of methoxy groups -OCH3 is 2. The van der Waals surface area contributed by atoms with Crippen LogP contribution < -0.4 is 20.7 Å². The lowest BCUT2D eigenvalue weighted by Gasteiger charge is -2.38. The minimum absolute atomic E-state index is 0.0296. The predicted octanol–water partition coefficient (Wildman–Crippen LogP) is 7.79. The van der Waals surface area contributed by atoms with Gasteiger partial charge in [-0.2, -0.15) is 0 Å². The number of H-pyrrole nitrogens is 2. The predicted molar refractivity (Wildman–Crippen MR) is 243 cm³/mol. The first-order valence-corrected chi connectivity index (χ1v) is 22.6. The number of likely N-dealkylation sites (tertiary alicyclic amines) is 1. The van der Waals surface area contributed by atoms with Gasteiger partial charge < -0.3 is 45.0 Å². The van der Waals surface area contributed by atoms with Crippen molar-refractivity contribution in [2.24, 2.45) is 11.8 Å². The summed E-state index contributed by atoms with van der Waals surface area (Å²) >= 11 is 0. The van der Waals surface area contributed by atoms with Crippen LogP contribution in [0.25, 0.3) is 44.5 Å². The van der Waals surface area contributed by atoms with E-state index in [-0.39, 0.29) is 29.7 Å². The maximum Gasteiger partial charge on any atom is 0.407 e. The highest BCUT2D eigenvalue weighted by molar-refractivity contribution is 5.88. The number of nitrogens with one attached hydrogen (secondary N) is 5. The van der Waals surface area contributed by atoms with Crippen LogP contribution in [-0.2, 0) is 37.4 Å². The zero-order chi connectivity index (χ0) is 45.1. The van der Waals surface area contributed by atoms with Gasteiger partial charge in [-0.25, -0.2) is 19.6 Å². The SMILES string of the molecule is COC(=O)N[C@H](C(=O)NC1(c2nc3ccc(-c4ccc(-c5ccc6c(c5)OCCc5[nH]c(C[C@@H]7CCCN7C(=O)[C@@H](NC(=O)OC)C(C)C)nc5-6)cc4)cc3[nH]2)CCCCC1)C(C)C. The zero-order valence-corrected chi connectivity index (χ0v) is 37.6. The van der Waals surface area contributed by atoms with E-state index >= 15 is 0 Å². The van der Waals surface area contributed by atoms with Crippen molar-refractivity contribution in [2.45, 2.75) is 109 Å². The van der Waals surface area contributed by atoms with Gasteiger partial charge in [-0.3, -0.25) is 9.59 Å². The molecule has 338 valence electrons. The molecule has 2 aromatic heterocycles. The maximum absolute atomic E-state index is 13.7. The molecular formula is C49H60N8O7. The van der Waals surface area contributed by atoms with Gasteiger partial charge in [0.1, 0.15) is 29.5 Å². The molecule has 0 spiro atoms. The number of hydrogen-bond acceptors (Lipinski definition) is 9. The highest BCUT2D eigenvalue weighted by atomic mass is 16.5. The first-order valence-electron chi connectivity index (χ1n) is 22.6. The summed E-state index contributed by atoms with van der Waals surface area (Å²) in [7, 11) is 2.59. The molecule has 0 bridgehead atoms. The number of alkyl carbamates (subject to hydrolysis) is 2. The monoisotopic (exact) mass is 872 g/mol. The third-order valence-electron chi connectivity index (χ3n) is 13.1. The van der Waals surface area contributed by atoms with Gasteiger partial charge in [0.05, 0.1) is 43.1 Å². The Balaban J connectivity index is 0.976. The van der Waals surface area contributed by atoms with Gasteiger partial charge in [-0.05, 0) is 84.0 Å². The molecule has 2 aliphatic heterocycles. The van der Waals surface area contributed by atoms with Gasteiger partial charge in [0, 0.05) is 36.7 Å². The Hall–Kier alpha value is -6.38. The van der Waals surface area contributed by atoms with Crippen molar-refractivity contribution in [2.75, 3.05) is 27.4 Å². The Kier molecular flexibility index (Phi) is 13.0. The van der Waals surface area contributed by atoms with Crippen molar-refractivity contribution in [1.82, 2.24) is 40.8 Å². The molecule has 3 atom stereocenters. The van der Waals surface area contributed by atoms with E-state index < -0.39 is 29.8 Å². The normalized spacial score (nSPS) is 17.8. The van der Waals surface area contributed by atoms with Crippen LogP contribution in [0, 0.1) is 11.8 Å². The molecule has 64 heavy (non-hydrogen) atoms. The van der Waals surface area contributed by atoms with Crippen LogP contribution in [0.5, 0.6) is 5.75 Å². The fourth-order valence-corrected chi connectivity index (χ4v) is 9.57. The molecule has 3 aromatic carbocycles. The number of hydrogen-bond donors (Lipinski definition) is 5. The average Bonchev–Trinajstić information content (AvgIpc) is 4.03. The van der Waals surface area contributed by atoms with E-state index in [4.69, 9.17) is 24.2 Å². The first kappa shape index (κ1) is 44.2. The van der Waals surface area contributed by atoms with E-state index in [2.05, 4.69) is 80.5 Å². The Bertz CT molecular complexity index is 2500. The fourth-order valence-electron chi connectivity index (χ4n) is 9.57. The van der Waals surface area contributed by atoms with E-state index in [0.29, 0.717) is 26.0 Å². The molecule has 15 heteroatoms. The highest BCUT2D eigenvalue weighted by Crippen LogP contribution is 2.40. The number of carbonyl (C=O) groups is 4. The number of fused-ring (bicyclic) bond motifs is 4. The Morgan fingerprint density at radius 3 is 2.11 bits per heavy atom. The summed E-state index contributed by atoms with van der Waals surface area (Å²) in [5.74, 6) is 1.76. The van der Waals surface area contributed by atoms with E-state index in [0.717, 1.165) is 113 Å². The van der Waals surface area contributed by atoms with Crippen LogP contribution in [0.15, 0.2) is 60.7 Å². The molecule has 4 amide bonds. The summed E-state index contributed by atoms with van der Waals surface area (Å²) < 4.78 is 15.9. The third kappa shape index (κ3) is 9.16. The molecule has 4 heterocycles. The number of rotatable bonds is 12. The summed E-state index contributed by atoms with van der Waals surface area (Å²) in [6, 6.07) is 19.5. The van der Waals surface area contributed by atoms with Crippen LogP contribution >= 0.6 is 0 Å². The number of aromatic amines is 2. The van der Waals surface area contributed by atoms with Gasteiger partial charge >= 0.3 is 12.2 Å². The van der Waals surface area contributed by atoms with Crippen LogP contribution in [0.4, 0.5) is 9.59 Å². The second kappa shape index (κ2) is 18.8. The number of ether oxygens (including phenoxy) is 3. The number of imidazole rings is 2. The Morgan fingerprint density at radius 1 is 0.797 bits per heavy atom. The second-order valence-electron chi connectivity index (χ2n) is 18.1. The Morgan fingerprint density at radius 2 is 1.44 bits per heavy atom. The number of carbonyl (C=O) groups excluding carboxylic acids is 4. The molecule has 0 radical (unpaired) electrons. The fraction of sp³-hybridized carbons (Fsp3) is 0.469. The number of aromatic nitrogens is 4. The van der Waals surface area contributed by atoms with Crippen LogP contribution in [0.1, 0.15) is 90.0 Å². The van der Waals surface area contributed by atoms with Gasteiger partial charge in [0.25, 0.3) is 0 Å². The zero-order valence-electron chi connectivity index (χ0n) is 37.6. The molecule has 0 unspecified atom stereocenters. The van der Waals surface area contributed by atoms with Gasteiger partial charge in [-0.1, -0.05) is 83.4 Å². The highest BCUT2D eigenvalue weighted by Gasteiger charge is 2.41. The maximum atomic E-state index is 13.7. The molecule has 1 aliphatic carbocycles. The summed E-state index contributed by atoms with van der Waals surface area (Å²) in [5, 5.41) is 8.73. The van der Waals surface area contributed by atoms with Crippen molar-refractivity contribution in [1.29, 1.82) is 0 Å². The third-order valence-corrected chi connectivity index (χ3v) is 13.1. The van der Waals surface area contributed by atoms with E-state index in [1.54, 1.807) is 0 Å². The first-order chi connectivity index (χ1) is 30.9. The van der Waals surface area contributed by atoms with Crippen LogP contribution in [0.3, 0.4) is 0 Å². The lowest BCUT2D eigenvalue weighted by atomic mass is 9.80. The average molecular weight is 873 g/mol. The molecule has 15 nitrogen and oxygen atoms in total. The molecule has 3 aliphatic rings. The summed E-state index contributed by atoms with van der Waals surface area (Å²) in [6.45, 7) is 8.78. The van der Waals surface area contributed by atoms with Gasteiger partial charge in [0.15, 0.2) is 0 Å². The molecule has 5 N–H and O–H groups in total. The minimum atomic E-state index is -0.746. The lowest BCUT2D eigenvalue weighted by molar-refractivity contribution is -0.135. The quantitative estimate of drug-likeness (QED) is 0.0833. The van der Waals surface area contributed by atoms with E-state index in [1.165, 1.54) is 14.2 Å². The molecule has 1 saturated heterocycles. The second-order valence-corrected chi connectivity index (χ2v) is 18.1. The smallest absolute Gasteiger partial charge is 0.407 e. The number of amides is 4. The summed E-state index contributed by atoms with van der Waals surface area (Å²) in [4.78, 5) is 70.6. The topological polar surface area (TPSA) is 193 Å². The van der Waals surface area contributed by atoms with Crippen molar-refractivity contribution >= 4 is 35.0 Å². The standard InChI is InChI=1S/C49H60N8O7/c1-28(2)41(54-47(60)62-5)44(58)56-49(21-8-7-9-22-49)46-51-36-19-17-32(25-38(36)52-46)30-12-14-31(15-13-30)33-16-18-35-39(26-33)64-24-20-37-43(35)53-40(50-37)27-34-11-10-23-57(34)45(59)42(29(3)4)55-48(61)63-6/h12-19,25-26,28-29,34,41-42H,7-11,20-24,27H2,1-6H3,(H,50,53)(H,51,52)(H,54,60)(H,55,61)(H,56,58)/t34-,41-,42-/m0/s1. The molecule has 1 saturated carbocycles. The van der Waals surface area contributed by atoms with Crippen LogP contribution in [0.2, 0.25) is 0 Å². The molecule has 2 fully saturated rings. The Labute approximate surface area is 373 Å². The van der Waals surface area contributed by atoms with E-state index in [9.17, 15) is 19.2 Å². The molecule has 5 aromatic rings. The van der Waals surface area contributed by atoms with Crippen molar-refractivity contribution < 1.29 is 33.4 Å². The molecule has 8 rings (SSSR count). The van der Waals surface area contributed by atoms with Crippen molar-refractivity contribution in [3.05, 3.63) is 78.0 Å². The van der Waals surface area contributed by atoms with Crippen molar-refractivity contribution in [3.63, 3.8) is 0 Å². The number of benzene rings is 3. The minimum Gasteiger partial charge on any atom is -0.492 e. The van der Waals surface area contributed by atoms with Crippen LogP contribution in [-0.4, -0.2) is 94.3 Å². The molecular weight excluding hydrogens is 813 g/mol. The number of nitrogens with zero attached hydrogens (tertiary/aromatic N) is 3. The largest absolute Gasteiger partial charge is 0.492 e. The van der Waals surface area contributed by atoms with Gasteiger partial charge in [0.2, 0.25) is 11.8 Å². The lowest BCUT2D eigenvalue weighted by Crippen LogP contribution is -2.56.